The molecule has 0 amide bonds. The van der Waals surface area contributed by atoms with Gasteiger partial charge in [-0.3, -0.25) is 4.79 Å². The van der Waals surface area contributed by atoms with E-state index in [1.165, 1.54) is 57.3 Å². The topological polar surface area (TPSA) is 26.8 Å². The fraction of sp³-hybridized carbons (Fsp3) is 0.675. The lowest BCUT2D eigenvalue weighted by atomic mass is 9.93. The lowest BCUT2D eigenvalue weighted by molar-refractivity contribution is 0.112. The summed E-state index contributed by atoms with van der Waals surface area (Å²) in [6, 6.07) is 6.04. The van der Waals surface area contributed by atoms with Crippen LogP contribution in [-0.4, -0.2) is 68.9 Å². The Morgan fingerprint density at radius 3 is 1.91 bits per heavy atom. The molecule has 0 spiro atoms. The third-order valence-corrected chi connectivity index (χ3v) is 6.88. The average molecular weight is 616 g/mol. The lowest BCUT2D eigenvalue weighted by Crippen LogP contribution is -2.35. The second kappa shape index (κ2) is 37.0. The van der Waals surface area contributed by atoms with Crippen molar-refractivity contribution in [1.82, 2.24) is 9.80 Å². The first-order valence-electron chi connectivity index (χ1n) is 17.9. The van der Waals surface area contributed by atoms with Crippen LogP contribution in [0.5, 0.6) is 0 Å². The summed E-state index contributed by atoms with van der Waals surface area (Å²) in [5, 5.41) is 0. The molecule has 0 aromatic heterocycles. The number of anilines is 1. The molecule has 0 aliphatic heterocycles. The summed E-state index contributed by atoms with van der Waals surface area (Å²) in [4.78, 5) is 18.4. The molecule has 0 bridgehead atoms. The van der Waals surface area contributed by atoms with E-state index in [4.69, 9.17) is 0 Å². The largest absolute Gasteiger partial charge is 0.366 e. The van der Waals surface area contributed by atoms with E-state index in [-0.39, 0.29) is 0 Å². The molecule has 44 heavy (non-hydrogen) atoms. The monoisotopic (exact) mass is 616 g/mol. The van der Waals surface area contributed by atoms with E-state index >= 15 is 0 Å². The maximum absolute atomic E-state index is 11.3. The molecule has 0 N–H and O–H groups in total. The number of benzene rings is 1. The van der Waals surface area contributed by atoms with E-state index in [9.17, 15) is 4.79 Å². The molecule has 1 aromatic carbocycles. The summed E-state index contributed by atoms with van der Waals surface area (Å²) in [6.45, 7) is 42.2. The highest BCUT2D eigenvalue weighted by atomic mass is 16.1. The number of hydrogen-bond acceptors (Lipinski definition) is 4. The number of rotatable bonds is 20. The number of carbonyl (C=O) groups is 1. The van der Waals surface area contributed by atoms with Crippen LogP contribution in [-0.2, 0) is 0 Å². The molecule has 4 nitrogen and oxygen atoms in total. The van der Waals surface area contributed by atoms with Crippen molar-refractivity contribution in [2.45, 2.75) is 127 Å². The second-order valence-corrected chi connectivity index (χ2v) is 10.8. The third kappa shape index (κ3) is 26.3. The Hall–Kier alpha value is -2.17. The van der Waals surface area contributed by atoms with Crippen molar-refractivity contribution in [3.63, 3.8) is 0 Å². The molecule has 1 atom stereocenters. The number of nitrogens with zero attached hydrogens (tertiary/aromatic N) is 3. The average Bonchev–Trinajstić information content (AvgIpc) is 3.05. The summed E-state index contributed by atoms with van der Waals surface area (Å²) in [6.07, 6.45) is 13.7. The number of hydrogen-bond donors (Lipinski definition) is 0. The van der Waals surface area contributed by atoms with Gasteiger partial charge in [-0.05, 0) is 62.6 Å². The van der Waals surface area contributed by atoms with Crippen LogP contribution in [0.25, 0.3) is 0 Å². The zero-order valence-electron chi connectivity index (χ0n) is 31.8. The zero-order chi connectivity index (χ0) is 34.8. The lowest BCUT2D eigenvalue weighted by Gasteiger charge is -2.31. The van der Waals surface area contributed by atoms with Crippen LogP contribution in [0, 0.1) is 0 Å². The van der Waals surface area contributed by atoms with E-state index in [0.29, 0.717) is 18.0 Å². The maximum Gasteiger partial charge on any atom is 0.150 e. The van der Waals surface area contributed by atoms with Crippen LogP contribution >= 0.6 is 0 Å². The Kier molecular flexibility index (Phi) is 41.0. The number of aldehydes is 1. The maximum atomic E-state index is 11.3. The van der Waals surface area contributed by atoms with Crippen molar-refractivity contribution in [3.05, 3.63) is 66.8 Å². The smallest absolute Gasteiger partial charge is 0.150 e. The summed E-state index contributed by atoms with van der Waals surface area (Å²) in [5.74, 6) is 0.445. The molecule has 0 aliphatic carbocycles. The first kappa shape index (κ1) is 48.7. The third-order valence-electron chi connectivity index (χ3n) is 6.88. The van der Waals surface area contributed by atoms with Crippen molar-refractivity contribution in [1.29, 1.82) is 0 Å². The van der Waals surface area contributed by atoms with Gasteiger partial charge in [0, 0.05) is 37.4 Å². The van der Waals surface area contributed by atoms with E-state index in [1.807, 2.05) is 45.9 Å². The van der Waals surface area contributed by atoms with E-state index in [1.54, 1.807) is 6.08 Å². The number of likely N-dealkylation sites (N-methyl/N-ethyl adjacent to an activating group) is 1. The van der Waals surface area contributed by atoms with E-state index in [2.05, 4.69) is 96.0 Å². The summed E-state index contributed by atoms with van der Waals surface area (Å²) >= 11 is 0. The predicted octanol–water partition coefficient (Wildman–Crippen LogP) is 11.4. The van der Waals surface area contributed by atoms with Gasteiger partial charge in [-0.15, -0.1) is 6.58 Å². The molecule has 4 heteroatoms. The van der Waals surface area contributed by atoms with Gasteiger partial charge in [0.25, 0.3) is 0 Å². The SMILES string of the molecule is C=CCN(C)CCN(CC(=C)C=C)c1cc(C=O)ccc1C(C)CCC.CC.CC.CCC.CCCCCCN(CC)CC. The van der Waals surface area contributed by atoms with Gasteiger partial charge < -0.3 is 14.7 Å². The minimum absolute atomic E-state index is 0.445. The van der Waals surface area contributed by atoms with Gasteiger partial charge in [0.2, 0.25) is 0 Å². The number of unbranched alkanes of at least 4 members (excludes halogenated alkanes) is 3. The molecular formula is C40H77N3O. The van der Waals surface area contributed by atoms with Crippen LogP contribution < -0.4 is 4.90 Å². The van der Waals surface area contributed by atoms with Crippen molar-refractivity contribution in [3.8, 4) is 0 Å². The Labute approximate surface area is 277 Å². The van der Waals surface area contributed by atoms with Gasteiger partial charge in [-0.1, -0.05) is 146 Å². The van der Waals surface area contributed by atoms with Gasteiger partial charge in [0.1, 0.15) is 6.29 Å². The minimum atomic E-state index is 0.445. The predicted molar refractivity (Wildman–Crippen MR) is 205 cm³/mol. The van der Waals surface area contributed by atoms with Crippen LogP contribution in [0.4, 0.5) is 5.69 Å². The van der Waals surface area contributed by atoms with Crippen LogP contribution in [0.15, 0.2) is 55.7 Å². The fourth-order valence-corrected chi connectivity index (χ4v) is 4.41. The molecule has 1 unspecified atom stereocenters. The van der Waals surface area contributed by atoms with Crippen molar-refractivity contribution in [2.75, 3.05) is 57.8 Å². The Morgan fingerprint density at radius 2 is 1.45 bits per heavy atom. The molecule has 1 rings (SSSR count). The van der Waals surface area contributed by atoms with Crippen LogP contribution in [0.2, 0.25) is 0 Å². The molecule has 258 valence electrons. The minimum Gasteiger partial charge on any atom is -0.366 e. The zero-order valence-corrected chi connectivity index (χ0v) is 31.8. The highest BCUT2D eigenvalue weighted by molar-refractivity contribution is 5.78. The van der Waals surface area contributed by atoms with Crippen molar-refractivity contribution < 1.29 is 4.79 Å². The van der Waals surface area contributed by atoms with E-state index in [0.717, 1.165) is 50.0 Å². The normalized spacial score (nSPS) is 10.4. The molecule has 0 fully saturated rings. The molecular weight excluding hydrogens is 538 g/mol. The molecule has 0 radical (unpaired) electrons. The highest BCUT2D eigenvalue weighted by Gasteiger charge is 2.17. The Balaban J connectivity index is -0.000000369. The van der Waals surface area contributed by atoms with Crippen LogP contribution in [0.3, 0.4) is 0 Å². The Bertz CT molecular complexity index is 785. The number of carbonyl (C=O) groups excluding carboxylic acids is 1. The van der Waals surface area contributed by atoms with E-state index < -0.39 is 0 Å². The van der Waals surface area contributed by atoms with Crippen LogP contribution in [0.1, 0.15) is 143 Å². The van der Waals surface area contributed by atoms with Crippen molar-refractivity contribution in [2.24, 2.45) is 0 Å². The molecule has 1 aromatic rings. The van der Waals surface area contributed by atoms with Gasteiger partial charge in [-0.2, -0.15) is 0 Å². The molecule has 0 aliphatic rings. The molecule has 0 saturated heterocycles. The van der Waals surface area contributed by atoms with Gasteiger partial charge in [0.15, 0.2) is 0 Å². The first-order chi connectivity index (χ1) is 21.2. The quantitative estimate of drug-likeness (QED) is 0.0631. The summed E-state index contributed by atoms with van der Waals surface area (Å²) < 4.78 is 0. The molecule has 0 heterocycles. The van der Waals surface area contributed by atoms with Crippen molar-refractivity contribution >= 4 is 12.0 Å². The van der Waals surface area contributed by atoms with Gasteiger partial charge >= 0.3 is 0 Å². The first-order valence-corrected chi connectivity index (χ1v) is 17.9. The standard InChI is InChI=1S/C23H34N2O.C10H23N.C3H8.2C2H6/c1-7-10-20(5)22-12-11-21(18-26)16-23(22)25(17-19(4)9-3)15-14-24(6)13-8-2;1-4-7-8-9-10-11(5-2)6-3;1-3-2;2*1-2/h8-9,11-12,16,18,20H,2-4,7,10,13-15,17H2,1,5-6H3;4-10H2,1-3H3;3H2,1-2H3;2*1-2H3. The summed E-state index contributed by atoms with van der Waals surface area (Å²) in [7, 11) is 2.09. The summed E-state index contributed by atoms with van der Waals surface area (Å²) in [5.41, 5.74) is 4.11. The second-order valence-electron chi connectivity index (χ2n) is 10.8. The molecule has 0 saturated carbocycles. The fourth-order valence-electron chi connectivity index (χ4n) is 4.41. The Morgan fingerprint density at radius 1 is 0.864 bits per heavy atom. The highest BCUT2D eigenvalue weighted by Crippen LogP contribution is 2.32. The van der Waals surface area contributed by atoms with Gasteiger partial charge in [0.05, 0.1) is 0 Å². The van der Waals surface area contributed by atoms with Gasteiger partial charge in [-0.25, -0.2) is 0 Å².